The van der Waals surface area contributed by atoms with Gasteiger partial charge in [0.05, 0.1) is 11.4 Å². The molecule has 13 heavy (non-hydrogen) atoms. The molecule has 1 saturated carbocycles. The second-order valence-corrected chi connectivity index (χ2v) is 5.08. The van der Waals surface area contributed by atoms with E-state index in [1.807, 2.05) is 0 Å². The Bertz CT molecular complexity index is 406. The topological polar surface area (TPSA) is 76.9 Å². The van der Waals surface area contributed by atoms with Crippen LogP contribution in [-0.4, -0.2) is 28.7 Å². The molecule has 2 rings (SSSR count). The van der Waals surface area contributed by atoms with E-state index < -0.39 is 10.0 Å². The number of anilines is 1. The third-order valence-electron chi connectivity index (χ3n) is 1.81. The van der Waals surface area contributed by atoms with E-state index in [-0.39, 0.29) is 11.1 Å². The number of nitrogens with zero attached hydrogens (tertiary/aromatic N) is 3. The minimum Gasteiger partial charge on any atom is -0.264 e. The quantitative estimate of drug-likeness (QED) is 0.731. The van der Waals surface area contributed by atoms with Gasteiger partial charge in [0, 0.05) is 7.05 Å². The molecule has 0 amide bonds. The molecular formula is C6H10N4O2S. The Morgan fingerprint density at radius 2 is 2.31 bits per heavy atom. The van der Waals surface area contributed by atoms with Crippen molar-refractivity contribution < 1.29 is 8.42 Å². The van der Waals surface area contributed by atoms with Crippen molar-refractivity contribution in [3.8, 4) is 0 Å². The van der Waals surface area contributed by atoms with Gasteiger partial charge in [-0.3, -0.25) is 9.40 Å². The number of sulfonamides is 1. The molecule has 0 atom stereocenters. The Hall–Kier alpha value is -1.11. The maximum Gasteiger partial charge on any atom is 0.236 e. The fourth-order valence-electron chi connectivity index (χ4n) is 1.00. The monoisotopic (exact) mass is 202 g/mol. The zero-order valence-electron chi connectivity index (χ0n) is 7.14. The molecule has 0 bridgehead atoms. The van der Waals surface area contributed by atoms with Crippen LogP contribution in [0.3, 0.4) is 0 Å². The molecule has 1 aromatic heterocycles. The first-order chi connectivity index (χ1) is 6.08. The van der Waals surface area contributed by atoms with Crippen LogP contribution in [0.2, 0.25) is 0 Å². The second-order valence-electron chi connectivity index (χ2n) is 3.12. The van der Waals surface area contributed by atoms with E-state index in [1.165, 1.54) is 10.9 Å². The Balaban J connectivity index is 2.13. The molecule has 6 nitrogen and oxygen atoms in total. The van der Waals surface area contributed by atoms with Gasteiger partial charge in [-0.1, -0.05) is 5.21 Å². The van der Waals surface area contributed by atoms with Crippen molar-refractivity contribution in [3.05, 3.63) is 6.20 Å². The molecule has 1 heterocycles. The average Bonchev–Trinajstić information content (AvgIpc) is 2.78. The molecule has 1 fully saturated rings. The summed E-state index contributed by atoms with van der Waals surface area (Å²) in [6.45, 7) is 0. The molecule has 7 heteroatoms. The van der Waals surface area contributed by atoms with Crippen molar-refractivity contribution in [2.24, 2.45) is 7.05 Å². The number of hydrogen-bond acceptors (Lipinski definition) is 4. The highest BCUT2D eigenvalue weighted by Gasteiger charge is 2.36. The first kappa shape index (κ1) is 8.49. The summed E-state index contributed by atoms with van der Waals surface area (Å²) < 4.78 is 26.6. The first-order valence-electron chi connectivity index (χ1n) is 3.96. The van der Waals surface area contributed by atoms with Crippen molar-refractivity contribution in [2.75, 3.05) is 4.72 Å². The summed E-state index contributed by atoms with van der Waals surface area (Å²) in [5.74, 6) is 0.286. The first-order valence-corrected chi connectivity index (χ1v) is 5.50. The zero-order chi connectivity index (χ0) is 9.47. The largest absolute Gasteiger partial charge is 0.264 e. The van der Waals surface area contributed by atoms with E-state index in [0.29, 0.717) is 0 Å². The van der Waals surface area contributed by atoms with Crippen LogP contribution in [0.15, 0.2) is 6.20 Å². The number of rotatable bonds is 3. The summed E-state index contributed by atoms with van der Waals surface area (Å²) in [5, 5.41) is 7.03. The highest BCUT2D eigenvalue weighted by atomic mass is 32.2. The van der Waals surface area contributed by atoms with Crippen LogP contribution < -0.4 is 4.72 Å². The maximum atomic E-state index is 11.4. The van der Waals surface area contributed by atoms with Gasteiger partial charge >= 0.3 is 0 Å². The Kier molecular flexibility index (Phi) is 1.76. The van der Waals surface area contributed by atoms with Crippen LogP contribution in [0.5, 0.6) is 0 Å². The van der Waals surface area contributed by atoms with E-state index in [0.717, 1.165) is 12.8 Å². The van der Waals surface area contributed by atoms with Gasteiger partial charge in [0.1, 0.15) is 0 Å². The van der Waals surface area contributed by atoms with E-state index in [1.54, 1.807) is 7.05 Å². The fraction of sp³-hybridized carbons (Fsp3) is 0.667. The number of hydrogen-bond donors (Lipinski definition) is 1. The van der Waals surface area contributed by atoms with Crippen molar-refractivity contribution in [3.63, 3.8) is 0 Å². The normalized spacial score (nSPS) is 17.3. The third-order valence-corrected chi connectivity index (χ3v) is 3.66. The maximum absolute atomic E-state index is 11.4. The molecule has 1 N–H and O–H groups in total. The summed E-state index contributed by atoms with van der Waals surface area (Å²) >= 11 is 0. The molecule has 0 unspecified atom stereocenters. The molecule has 1 aliphatic carbocycles. The minimum atomic E-state index is -3.19. The smallest absolute Gasteiger partial charge is 0.236 e. The van der Waals surface area contributed by atoms with Crippen molar-refractivity contribution in [2.45, 2.75) is 18.1 Å². The van der Waals surface area contributed by atoms with Gasteiger partial charge in [-0.05, 0) is 12.8 Å². The average molecular weight is 202 g/mol. The van der Waals surface area contributed by atoms with E-state index in [4.69, 9.17) is 0 Å². The summed E-state index contributed by atoms with van der Waals surface area (Å²) in [4.78, 5) is 0. The predicted molar refractivity (Wildman–Crippen MR) is 46.6 cm³/mol. The van der Waals surface area contributed by atoms with E-state index in [2.05, 4.69) is 15.0 Å². The lowest BCUT2D eigenvalue weighted by Gasteiger charge is -2.00. The molecule has 0 saturated heterocycles. The van der Waals surface area contributed by atoms with E-state index >= 15 is 0 Å². The molecule has 0 radical (unpaired) electrons. The molecule has 0 spiro atoms. The molecule has 1 aliphatic rings. The standard InChI is InChI=1S/C6H10N4O2S/c1-10-4-6(7-9-10)8-13(11,12)5-2-3-5/h4-5,8H,2-3H2,1H3. The number of aromatic nitrogens is 3. The highest BCUT2D eigenvalue weighted by Crippen LogP contribution is 2.29. The van der Waals surface area contributed by atoms with Gasteiger partial charge < -0.3 is 0 Å². The summed E-state index contributed by atoms with van der Waals surface area (Å²) in [5.41, 5.74) is 0. The van der Waals surface area contributed by atoms with Gasteiger partial charge in [0.15, 0.2) is 5.82 Å². The lowest BCUT2D eigenvalue weighted by Crippen LogP contribution is -2.17. The van der Waals surface area contributed by atoms with Crippen LogP contribution in [0.4, 0.5) is 5.82 Å². The van der Waals surface area contributed by atoms with Crippen molar-refractivity contribution >= 4 is 15.8 Å². The van der Waals surface area contributed by atoms with Gasteiger partial charge in [-0.15, -0.1) is 5.10 Å². The molecule has 1 aromatic rings. The zero-order valence-corrected chi connectivity index (χ0v) is 7.95. The Morgan fingerprint density at radius 3 is 2.77 bits per heavy atom. The molecule has 72 valence electrons. The third kappa shape index (κ3) is 1.80. The van der Waals surface area contributed by atoms with Crippen LogP contribution in [-0.2, 0) is 17.1 Å². The SMILES string of the molecule is Cn1cc(NS(=O)(=O)C2CC2)nn1. The van der Waals surface area contributed by atoms with Crippen LogP contribution >= 0.6 is 0 Å². The van der Waals surface area contributed by atoms with Crippen LogP contribution in [0.1, 0.15) is 12.8 Å². The lowest BCUT2D eigenvalue weighted by molar-refractivity contribution is 0.599. The van der Waals surface area contributed by atoms with Crippen LogP contribution in [0.25, 0.3) is 0 Å². The molecular weight excluding hydrogens is 192 g/mol. The fourth-order valence-corrected chi connectivity index (χ4v) is 2.31. The van der Waals surface area contributed by atoms with Gasteiger partial charge in [0.25, 0.3) is 0 Å². The van der Waals surface area contributed by atoms with Crippen molar-refractivity contribution in [1.82, 2.24) is 15.0 Å². The number of aryl methyl sites for hydroxylation is 1. The molecule has 0 aliphatic heterocycles. The van der Waals surface area contributed by atoms with E-state index in [9.17, 15) is 8.42 Å². The Morgan fingerprint density at radius 1 is 1.62 bits per heavy atom. The predicted octanol–water partition coefficient (Wildman–Crippen LogP) is -0.281. The summed E-state index contributed by atoms with van der Waals surface area (Å²) in [7, 11) is -1.51. The molecule has 0 aromatic carbocycles. The second kappa shape index (κ2) is 2.69. The minimum absolute atomic E-state index is 0.227. The summed E-state index contributed by atoms with van der Waals surface area (Å²) in [6.07, 6.45) is 3.02. The Labute approximate surface area is 76.0 Å². The lowest BCUT2D eigenvalue weighted by atomic mass is 10.8. The number of nitrogens with one attached hydrogen (secondary N) is 1. The van der Waals surface area contributed by atoms with Gasteiger partial charge in [-0.2, -0.15) is 0 Å². The van der Waals surface area contributed by atoms with Crippen LogP contribution in [0, 0.1) is 0 Å². The summed E-state index contributed by atoms with van der Waals surface area (Å²) in [6, 6.07) is 0. The van der Waals surface area contributed by atoms with Gasteiger partial charge in [-0.25, -0.2) is 8.42 Å². The highest BCUT2D eigenvalue weighted by molar-refractivity contribution is 7.93. The van der Waals surface area contributed by atoms with Gasteiger partial charge in [0.2, 0.25) is 10.0 Å². The van der Waals surface area contributed by atoms with Crippen molar-refractivity contribution in [1.29, 1.82) is 0 Å².